The largest absolute Gasteiger partial charge is 0.493 e. The zero-order valence-electron chi connectivity index (χ0n) is 17.7. The van der Waals surface area contributed by atoms with Gasteiger partial charge in [0.1, 0.15) is 0 Å². The topological polar surface area (TPSA) is 73.8 Å². The lowest BCUT2D eigenvalue weighted by molar-refractivity contribution is 0.198. The SMILES string of the molecule is COc1cc(C(C)O)ccc1OCCCN1CCN(c2n[nH]c3ccccc23)CC1. The molecule has 1 atom stereocenters. The van der Waals surface area contributed by atoms with Crippen LogP contribution in [0.4, 0.5) is 5.82 Å². The Morgan fingerprint density at radius 3 is 2.67 bits per heavy atom. The smallest absolute Gasteiger partial charge is 0.161 e. The number of aromatic nitrogens is 2. The minimum Gasteiger partial charge on any atom is -0.493 e. The molecule has 0 radical (unpaired) electrons. The van der Waals surface area contributed by atoms with Gasteiger partial charge in [0.2, 0.25) is 0 Å². The summed E-state index contributed by atoms with van der Waals surface area (Å²) in [6, 6.07) is 13.9. The van der Waals surface area contributed by atoms with E-state index in [1.165, 1.54) is 5.39 Å². The summed E-state index contributed by atoms with van der Waals surface area (Å²) in [6.45, 7) is 7.37. The normalized spacial score (nSPS) is 16.0. The number of aliphatic hydroxyl groups is 1. The lowest BCUT2D eigenvalue weighted by Gasteiger charge is -2.35. The standard InChI is InChI=1S/C23H30N4O3/c1-17(28)18-8-9-21(22(16-18)29-2)30-15-5-10-26-11-13-27(14-12-26)23-19-6-3-4-7-20(19)24-25-23/h3-4,6-9,16-17,28H,5,10-15H2,1-2H3,(H,24,25). The number of nitrogens with zero attached hydrogens (tertiary/aromatic N) is 3. The molecular weight excluding hydrogens is 380 g/mol. The first kappa shape index (κ1) is 20.5. The highest BCUT2D eigenvalue weighted by atomic mass is 16.5. The lowest BCUT2D eigenvalue weighted by atomic mass is 10.1. The molecule has 0 aliphatic carbocycles. The summed E-state index contributed by atoms with van der Waals surface area (Å²) >= 11 is 0. The zero-order chi connectivity index (χ0) is 20.9. The fraction of sp³-hybridized carbons (Fsp3) is 0.435. The Morgan fingerprint density at radius 1 is 1.10 bits per heavy atom. The molecule has 0 saturated carbocycles. The van der Waals surface area contributed by atoms with Crippen molar-refractivity contribution >= 4 is 16.7 Å². The maximum Gasteiger partial charge on any atom is 0.161 e. The average Bonchev–Trinajstić information content (AvgIpc) is 3.21. The number of benzene rings is 2. The summed E-state index contributed by atoms with van der Waals surface area (Å²) in [5, 5.41) is 18.6. The van der Waals surface area contributed by atoms with Crippen LogP contribution in [0.2, 0.25) is 0 Å². The second-order valence-corrected chi connectivity index (χ2v) is 7.71. The van der Waals surface area contributed by atoms with Crippen molar-refractivity contribution in [2.24, 2.45) is 0 Å². The molecule has 2 N–H and O–H groups in total. The van der Waals surface area contributed by atoms with Gasteiger partial charge in [0.05, 0.1) is 25.3 Å². The number of aromatic amines is 1. The number of nitrogens with one attached hydrogen (secondary N) is 1. The number of fused-ring (bicyclic) bond motifs is 1. The minimum atomic E-state index is -0.522. The highest BCUT2D eigenvalue weighted by molar-refractivity contribution is 5.90. The number of anilines is 1. The van der Waals surface area contributed by atoms with E-state index in [4.69, 9.17) is 9.47 Å². The number of aliphatic hydroxyl groups excluding tert-OH is 1. The molecular formula is C23H30N4O3. The van der Waals surface area contributed by atoms with Crippen LogP contribution in [0.3, 0.4) is 0 Å². The predicted molar refractivity (Wildman–Crippen MR) is 118 cm³/mol. The number of ether oxygens (including phenoxy) is 2. The van der Waals surface area contributed by atoms with E-state index in [9.17, 15) is 5.11 Å². The van der Waals surface area contributed by atoms with Crippen molar-refractivity contribution in [3.05, 3.63) is 48.0 Å². The van der Waals surface area contributed by atoms with E-state index in [1.807, 2.05) is 24.3 Å². The molecule has 0 spiro atoms. The molecule has 2 aromatic carbocycles. The molecule has 1 fully saturated rings. The summed E-state index contributed by atoms with van der Waals surface area (Å²) in [5.41, 5.74) is 1.91. The van der Waals surface area contributed by atoms with Crippen molar-refractivity contribution in [1.82, 2.24) is 15.1 Å². The van der Waals surface area contributed by atoms with Gasteiger partial charge in [-0.15, -0.1) is 0 Å². The molecule has 7 nitrogen and oxygen atoms in total. The van der Waals surface area contributed by atoms with Crippen molar-refractivity contribution in [2.45, 2.75) is 19.4 Å². The first-order valence-corrected chi connectivity index (χ1v) is 10.5. The van der Waals surface area contributed by atoms with Crippen molar-refractivity contribution in [3.63, 3.8) is 0 Å². The van der Waals surface area contributed by atoms with Gasteiger partial charge in [0.15, 0.2) is 17.3 Å². The van der Waals surface area contributed by atoms with Crippen LogP contribution in [0.5, 0.6) is 11.5 Å². The van der Waals surface area contributed by atoms with Crippen molar-refractivity contribution in [1.29, 1.82) is 0 Å². The van der Waals surface area contributed by atoms with E-state index in [-0.39, 0.29) is 0 Å². The van der Waals surface area contributed by atoms with Crippen LogP contribution in [-0.2, 0) is 0 Å². The summed E-state index contributed by atoms with van der Waals surface area (Å²) in [5.74, 6) is 2.44. The van der Waals surface area contributed by atoms with E-state index in [0.717, 1.165) is 61.8 Å². The number of methoxy groups -OCH3 is 1. The molecule has 4 rings (SSSR count). The molecule has 1 saturated heterocycles. The number of rotatable bonds is 8. The number of para-hydroxylation sites is 1. The highest BCUT2D eigenvalue weighted by Crippen LogP contribution is 2.30. The van der Waals surface area contributed by atoms with Crippen LogP contribution in [0.25, 0.3) is 10.9 Å². The molecule has 1 aliphatic heterocycles. The van der Waals surface area contributed by atoms with E-state index in [1.54, 1.807) is 14.0 Å². The molecule has 2 heterocycles. The molecule has 0 bridgehead atoms. The van der Waals surface area contributed by atoms with E-state index < -0.39 is 6.10 Å². The Hall–Kier alpha value is -2.77. The summed E-state index contributed by atoms with van der Waals surface area (Å²) < 4.78 is 11.3. The van der Waals surface area contributed by atoms with Crippen LogP contribution < -0.4 is 14.4 Å². The molecule has 0 amide bonds. The summed E-state index contributed by atoms with van der Waals surface area (Å²) in [7, 11) is 1.62. The van der Waals surface area contributed by atoms with Gasteiger partial charge >= 0.3 is 0 Å². The first-order chi connectivity index (χ1) is 14.7. The third kappa shape index (κ3) is 4.52. The first-order valence-electron chi connectivity index (χ1n) is 10.5. The Bertz CT molecular complexity index is 964. The van der Waals surface area contributed by atoms with E-state index in [2.05, 4.69) is 38.2 Å². The third-order valence-corrected chi connectivity index (χ3v) is 5.67. The molecule has 7 heteroatoms. The molecule has 30 heavy (non-hydrogen) atoms. The number of H-pyrrole nitrogens is 1. The Kier molecular flexibility index (Phi) is 6.40. The van der Waals surface area contributed by atoms with Crippen LogP contribution in [0.15, 0.2) is 42.5 Å². The summed E-state index contributed by atoms with van der Waals surface area (Å²) in [4.78, 5) is 4.84. The van der Waals surface area contributed by atoms with Crippen LogP contribution >= 0.6 is 0 Å². The Morgan fingerprint density at radius 2 is 1.90 bits per heavy atom. The van der Waals surface area contributed by atoms with E-state index in [0.29, 0.717) is 12.4 Å². The van der Waals surface area contributed by atoms with Crippen molar-refractivity contribution in [3.8, 4) is 11.5 Å². The number of hydrogen-bond acceptors (Lipinski definition) is 6. The van der Waals surface area contributed by atoms with Crippen LogP contribution in [0, 0.1) is 0 Å². The average molecular weight is 411 g/mol. The fourth-order valence-corrected chi connectivity index (χ4v) is 3.91. The van der Waals surface area contributed by atoms with Gasteiger partial charge in [-0.3, -0.25) is 10.00 Å². The van der Waals surface area contributed by atoms with Gasteiger partial charge in [0, 0.05) is 38.1 Å². The van der Waals surface area contributed by atoms with Gasteiger partial charge in [0.25, 0.3) is 0 Å². The molecule has 160 valence electrons. The molecule has 1 aromatic heterocycles. The van der Waals surface area contributed by atoms with Gasteiger partial charge in [-0.1, -0.05) is 18.2 Å². The van der Waals surface area contributed by atoms with Crippen LogP contribution in [0.1, 0.15) is 25.0 Å². The minimum absolute atomic E-state index is 0.522. The Balaban J connectivity index is 1.23. The number of hydrogen-bond donors (Lipinski definition) is 2. The van der Waals surface area contributed by atoms with Gasteiger partial charge in [-0.25, -0.2) is 0 Å². The monoisotopic (exact) mass is 410 g/mol. The second kappa shape index (κ2) is 9.36. The van der Waals surface area contributed by atoms with Crippen molar-refractivity contribution < 1.29 is 14.6 Å². The maximum absolute atomic E-state index is 9.71. The zero-order valence-corrected chi connectivity index (χ0v) is 17.7. The second-order valence-electron chi connectivity index (χ2n) is 7.71. The quantitative estimate of drug-likeness (QED) is 0.556. The highest BCUT2D eigenvalue weighted by Gasteiger charge is 2.20. The van der Waals surface area contributed by atoms with Gasteiger partial charge < -0.3 is 19.5 Å². The molecule has 1 unspecified atom stereocenters. The van der Waals surface area contributed by atoms with Gasteiger partial charge in [-0.2, -0.15) is 5.10 Å². The fourth-order valence-electron chi connectivity index (χ4n) is 3.91. The summed E-state index contributed by atoms with van der Waals surface area (Å²) in [6.07, 6.45) is 0.429. The molecule has 1 aliphatic rings. The molecule has 3 aromatic rings. The van der Waals surface area contributed by atoms with E-state index >= 15 is 0 Å². The maximum atomic E-state index is 9.71. The predicted octanol–water partition coefficient (Wildman–Crippen LogP) is 3.22. The third-order valence-electron chi connectivity index (χ3n) is 5.67. The lowest BCUT2D eigenvalue weighted by Crippen LogP contribution is -2.47. The number of piperazine rings is 1. The van der Waals surface area contributed by atoms with Crippen molar-refractivity contribution in [2.75, 3.05) is 51.3 Å². The van der Waals surface area contributed by atoms with Crippen LogP contribution in [-0.4, -0.2) is 66.6 Å². The van der Waals surface area contributed by atoms with Gasteiger partial charge in [-0.05, 0) is 43.2 Å². The Labute approximate surface area is 177 Å².